The molecule has 0 spiro atoms. The molecule has 0 saturated carbocycles. The maximum atomic E-state index is 12.9. The van der Waals surface area contributed by atoms with Crippen LogP contribution in [-0.4, -0.2) is 63.5 Å². The maximum absolute atomic E-state index is 12.9. The molecule has 0 aliphatic carbocycles. The minimum Gasteiger partial charge on any atom is -0.490 e. The molecule has 1 fully saturated rings. The van der Waals surface area contributed by atoms with Crippen LogP contribution in [0.3, 0.4) is 0 Å². The molecule has 0 radical (unpaired) electrons. The van der Waals surface area contributed by atoms with Crippen molar-refractivity contribution in [3.8, 4) is 5.75 Å². The minimum absolute atomic E-state index is 0. The molecule has 2 rings (SSSR count). The van der Waals surface area contributed by atoms with Gasteiger partial charge in [0.15, 0.2) is 0 Å². The molecule has 1 aromatic rings. The van der Waals surface area contributed by atoms with Crippen molar-refractivity contribution >= 4 is 29.9 Å². The molecule has 1 heterocycles. The van der Waals surface area contributed by atoms with Crippen molar-refractivity contribution in [3.63, 3.8) is 0 Å². The number of ether oxygens (including phenoxy) is 3. The number of nitrogens with zero attached hydrogens (tertiary/aromatic N) is 1. The Balaban J connectivity index is 0.00000338. The second-order valence-corrected chi connectivity index (χ2v) is 6.42. The van der Waals surface area contributed by atoms with Crippen LogP contribution >= 0.6 is 24.0 Å². The van der Waals surface area contributed by atoms with E-state index in [1.807, 2.05) is 4.90 Å². The fourth-order valence-corrected chi connectivity index (χ4v) is 2.93. The standard InChI is InChI=1S/C18H27ClN2O4.ClH/c1-23-11-12-25-17-4-3-14(19)13-16(17)18(22)21-8-5-15(6-9-21)24-10-2-7-20;/h3-4,13,15H,2,5-12,20H2,1H3;1H. The van der Waals surface area contributed by atoms with Crippen molar-refractivity contribution in [2.45, 2.75) is 25.4 Å². The molecule has 1 aliphatic rings. The number of halogens is 2. The molecule has 6 nitrogen and oxygen atoms in total. The SMILES string of the molecule is COCCOc1ccc(Cl)cc1C(=O)N1CCC(OCCCN)CC1.Cl. The van der Waals surface area contributed by atoms with Gasteiger partial charge in [0.25, 0.3) is 5.91 Å². The van der Waals surface area contributed by atoms with Gasteiger partial charge < -0.3 is 24.8 Å². The van der Waals surface area contributed by atoms with Gasteiger partial charge in [0, 0.05) is 31.8 Å². The van der Waals surface area contributed by atoms with E-state index < -0.39 is 0 Å². The van der Waals surface area contributed by atoms with Crippen molar-refractivity contribution < 1.29 is 19.0 Å². The van der Waals surface area contributed by atoms with Crippen LogP contribution in [0.15, 0.2) is 18.2 Å². The Morgan fingerprint density at radius 2 is 2.00 bits per heavy atom. The number of hydrogen-bond acceptors (Lipinski definition) is 5. The van der Waals surface area contributed by atoms with E-state index in [1.54, 1.807) is 25.3 Å². The summed E-state index contributed by atoms with van der Waals surface area (Å²) in [5, 5.41) is 0.516. The third kappa shape index (κ3) is 6.93. The first-order chi connectivity index (χ1) is 12.2. The predicted octanol–water partition coefficient (Wildman–Crippen LogP) is 2.76. The quantitative estimate of drug-likeness (QED) is 0.638. The normalized spacial score (nSPS) is 14.8. The summed E-state index contributed by atoms with van der Waals surface area (Å²) >= 11 is 6.07. The average Bonchev–Trinajstić information content (AvgIpc) is 2.63. The van der Waals surface area contributed by atoms with Crippen molar-refractivity contribution in [2.75, 3.05) is 46.6 Å². The number of carbonyl (C=O) groups excluding carboxylic acids is 1. The Kier molecular flexibility index (Phi) is 10.9. The Morgan fingerprint density at radius 3 is 2.65 bits per heavy atom. The number of amides is 1. The summed E-state index contributed by atoms with van der Waals surface area (Å²) in [4.78, 5) is 14.7. The van der Waals surface area contributed by atoms with Crippen molar-refractivity contribution in [3.05, 3.63) is 28.8 Å². The Morgan fingerprint density at radius 1 is 1.27 bits per heavy atom. The molecule has 0 aromatic heterocycles. The van der Waals surface area contributed by atoms with E-state index in [0.29, 0.717) is 55.8 Å². The zero-order valence-corrected chi connectivity index (χ0v) is 16.7. The summed E-state index contributed by atoms with van der Waals surface area (Å²) in [6, 6.07) is 5.11. The largest absolute Gasteiger partial charge is 0.490 e. The lowest BCUT2D eigenvalue weighted by Gasteiger charge is -2.32. The van der Waals surface area contributed by atoms with E-state index in [0.717, 1.165) is 19.3 Å². The molecule has 8 heteroatoms. The number of rotatable bonds is 9. The van der Waals surface area contributed by atoms with Gasteiger partial charge >= 0.3 is 0 Å². The first kappa shape index (κ1) is 23.0. The molecule has 1 aliphatic heterocycles. The predicted molar refractivity (Wildman–Crippen MR) is 105 cm³/mol. The van der Waals surface area contributed by atoms with Gasteiger partial charge in [-0.25, -0.2) is 0 Å². The van der Waals surface area contributed by atoms with Gasteiger partial charge in [-0.3, -0.25) is 4.79 Å². The van der Waals surface area contributed by atoms with Gasteiger partial charge in [-0.2, -0.15) is 0 Å². The zero-order chi connectivity index (χ0) is 18.1. The topological polar surface area (TPSA) is 74.0 Å². The fraction of sp³-hybridized carbons (Fsp3) is 0.611. The van der Waals surface area contributed by atoms with Crippen LogP contribution in [0, 0.1) is 0 Å². The maximum Gasteiger partial charge on any atom is 0.257 e. The first-order valence-corrected chi connectivity index (χ1v) is 9.05. The highest BCUT2D eigenvalue weighted by atomic mass is 35.5. The molecule has 1 saturated heterocycles. The Hall–Kier alpha value is -1.05. The molecular weight excluding hydrogens is 379 g/mol. The van der Waals surface area contributed by atoms with E-state index in [2.05, 4.69) is 0 Å². The number of benzene rings is 1. The van der Waals surface area contributed by atoms with Crippen LogP contribution in [0.25, 0.3) is 0 Å². The van der Waals surface area contributed by atoms with Gasteiger partial charge in [-0.15, -0.1) is 12.4 Å². The summed E-state index contributed by atoms with van der Waals surface area (Å²) < 4.78 is 16.4. The molecule has 148 valence electrons. The van der Waals surface area contributed by atoms with E-state index in [-0.39, 0.29) is 24.4 Å². The van der Waals surface area contributed by atoms with Gasteiger partial charge in [-0.1, -0.05) is 11.6 Å². The average molecular weight is 407 g/mol. The van der Waals surface area contributed by atoms with Crippen LogP contribution in [-0.2, 0) is 9.47 Å². The summed E-state index contributed by atoms with van der Waals surface area (Å²) in [6.07, 6.45) is 2.73. The van der Waals surface area contributed by atoms with E-state index in [9.17, 15) is 4.79 Å². The summed E-state index contributed by atoms with van der Waals surface area (Å²) in [7, 11) is 1.61. The summed E-state index contributed by atoms with van der Waals surface area (Å²) in [5.74, 6) is 0.475. The second-order valence-electron chi connectivity index (χ2n) is 5.99. The monoisotopic (exact) mass is 406 g/mol. The lowest BCUT2D eigenvalue weighted by molar-refractivity contribution is 0.00834. The van der Waals surface area contributed by atoms with Crippen LogP contribution in [0.5, 0.6) is 5.75 Å². The molecular formula is C18H28Cl2N2O4. The first-order valence-electron chi connectivity index (χ1n) is 8.68. The molecule has 0 unspecified atom stereocenters. The van der Waals surface area contributed by atoms with Crippen molar-refractivity contribution in [2.24, 2.45) is 5.73 Å². The summed E-state index contributed by atoms with van der Waals surface area (Å²) in [5.41, 5.74) is 5.97. The van der Waals surface area contributed by atoms with Gasteiger partial charge in [0.05, 0.1) is 18.3 Å². The van der Waals surface area contributed by atoms with Crippen molar-refractivity contribution in [1.29, 1.82) is 0 Å². The lowest BCUT2D eigenvalue weighted by atomic mass is 10.1. The number of likely N-dealkylation sites (tertiary alicyclic amines) is 1. The van der Waals surface area contributed by atoms with Crippen LogP contribution in [0.1, 0.15) is 29.6 Å². The minimum atomic E-state index is -0.0599. The van der Waals surface area contributed by atoms with Gasteiger partial charge in [-0.05, 0) is 44.0 Å². The van der Waals surface area contributed by atoms with E-state index >= 15 is 0 Å². The fourth-order valence-electron chi connectivity index (χ4n) is 2.76. The number of methoxy groups -OCH3 is 1. The molecule has 0 atom stereocenters. The van der Waals surface area contributed by atoms with Gasteiger partial charge in [0.1, 0.15) is 12.4 Å². The third-order valence-corrected chi connectivity index (χ3v) is 4.38. The second kappa shape index (κ2) is 12.4. The molecule has 2 N–H and O–H groups in total. The highest BCUT2D eigenvalue weighted by Gasteiger charge is 2.26. The zero-order valence-electron chi connectivity index (χ0n) is 15.1. The van der Waals surface area contributed by atoms with Gasteiger partial charge in [0.2, 0.25) is 0 Å². The van der Waals surface area contributed by atoms with Crippen molar-refractivity contribution in [1.82, 2.24) is 4.90 Å². The van der Waals surface area contributed by atoms with Crippen LogP contribution < -0.4 is 10.5 Å². The highest BCUT2D eigenvalue weighted by molar-refractivity contribution is 6.31. The lowest BCUT2D eigenvalue weighted by Crippen LogP contribution is -2.41. The molecule has 1 amide bonds. The Labute approximate surface area is 166 Å². The molecule has 0 bridgehead atoms. The highest BCUT2D eigenvalue weighted by Crippen LogP contribution is 2.26. The van der Waals surface area contributed by atoms with E-state index in [4.69, 9.17) is 31.5 Å². The molecule has 1 aromatic carbocycles. The number of nitrogens with two attached hydrogens (primary N) is 1. The summed E-state index contributed by atoms with van der Waals surface area (Å²) in [6.45, 7) is 3.49. The Bertz CT molecular complexity index is 552. The van der Waals surface area contributed by atoms with E-state index in [1.165, 1.54) is 0 Å². The smallest absolute Gasteiger partial charge is 0.257 e. The number of carbonyl (C=O) groups is 1. The van der Waals surface area contributed by atoms with Crippen LogP contribution in [0.2, 0.25) is 5.02 Å². The molecule has 26 heavy (non-hydrogen) atoms. The number of piperidine rings is 1. The number of hydrogen-bond donors (Lipinski definition) is 1. The van der Waals surface area contributed by atoms with Crippen LogP contribution in [0.4, 0.5) is 0 Å². The third-order valence-electron chi connectivity index (χ3n) is 4.15.